The molecular weight excluding hydrogens is 463 g/mol. The van der Waals surface area contributed by atoms with Crippen LogP contribution in [-0.4, -0.2) is 42.4 Å². The van der Waals surface area contributed by atoms with Gasteiger partial charge in [0.25, 0.3) is 6.02 Å². The Labute approximate surface area is 182 Å². The van der Waals surface area contributed by atoms with E-state index >= 15 is 0 Å². The van der Waals surface area contributed by atoms with Crippen molar-refractivity contribution in [3.05, 3.63) is 59.2 Å². The number of carbonyl (C=O) groups excluding carboxylic acids is 1. The molecule has 0 bridgehead atoms. The number of alkyl halides is 6. The summed E-state index contributed by atoms with van der Waals surface area (Å²) in [6.45, 7) is -4.59. The second-order valence-corrected chi connectivity index (χ2v) is 7.14. The van der Waals surface area contributed by atoms with Crippen LogP contribution < -0.4 is 10.5 Å². The molecule has 1 aromatic carbocycles. The van der Waals surface area contributed by atoms with Gasteiger partial charge in [-0.2, -0.15) is 22.0 Å². The number of nitrogens with zero attached hydrogens (tertiary/aromatic N) is 2. The highest BCUT2D eigenvalue weighted by Crippen LogP contribution is 2.41. The van der Waals surface area contributed by atoms with Gasteiger partial charge in [-0.25, -0.2) is 18.8 Å². The van der Waals surface area contributed by atoms with Crippen molar-refractivity contribution in [2.24, 2.45) is 10.7 Å². The summed E-state index contributed by atoms with van der Waals surface area (Å²) in [4.78, 5) is 19.8. The largest absolute Gasteiger partial charge is 0.452 e. The van der Waals surface area contributed by atoms with Crippen LogP contribution in [0.15, 0.2) is 41.5 Å². The third-order valence-electron chi connectivity index (χ3n) is 4.84. The summed E-state index contributed by atoms with van der Waals surface area (Å²) < 4.78 is 101. The van der Waals surface area contributed by atoms with Gasteiger partial charge in [-0.15, -0.1) is 0 Å². The highest BCUT2D eigenvalue weighted by molar-refractivity contribution is 5.95. The molecule has 2 atom stereocenters. The number of ether oxygens (including phenoxy) is 2. The highest BCUT2D eigenvalue weighted by atomic mass is 19.4. The van der Waals surface area contributed by atoms with Crippen LogP contribution in [0.3, 0.4) is 0 Å². The third kappa shape index (κ3) is 5.52. The molecule has 6 nitrogen and oxygen atoms in total. The number of aliphatic imine (C=N–C) groups is 1. The number of pyridine rings is 1. The van der Waals surface area contributed by atoms with E-state index in [0.29, 0.717) is 0 Å². The first-order chi connectivity index (χ1) is 15.4. The zero-order valence-corrected chi connectivity index (χ0v) is 16.6. The molecule has 3 rings (SSSR count). The van der Waals surface area contributed by atoms with Crippen molar-refractivity contribution >= 4 is 11.8 Å². The van der Waals surface area contributed by atoms with Crippen LogP contribution in [-0.2, 0) is 16.7 Å². The molecule has 2 heterocycles. The molecule has 0 unspecified atom stereocenters. The molecule has 178 valence electrons. The number of aromatic nitrogens is 1. The molecule has 2 aromatic rings. The van der Waals surface area contributed by atoms with Crippen LogP contribution in [0, 0.1) is 5.82 Å². The lowest BCUT2D eigenvalue weighted by molar-refractivity contribution is -0.209. The normalized spacial score (nSPS) is 20.8. The van der Waals surface area contributed by atoms with Gasteiger partial charge in [0.1, 0.15) is 29.5 Å². The summed E-state index contributed by atoms with van der Waals surface area (Å²) in [5.41, 5.74) is 2.48. The summed E-state index contributed by atoms with van der Waals surface area (Å²) in [6.07, 6.45) is -7.96. The van der Waals surface area contributed by atoms with Crippen LogP contribution in [0.2, 0.25) is 0 Å². The Kier molecular flexibility index (Phi) is 6.79. The summed E-state index contributed by atoms with van der Waals surface area (Å²) in [6, 6.07) is 4.35. The third-order valence-corrected chi connectivity index (χ3v) is 4.84. The van der Waals surface area contributed by atoms with E-state index in [1.165, 1.54) is 6.07 Å². The minimum atomic E-state index is -4.91. The molecule has 0 saturated heterocycles. The molecule has 1 aromatic heterocycles. The second kappa shape index (κ2) is 9.24. The number of amidine groups is 1. The van der Waals surface area contributed by atoms with Gasteiger partial charge in [-0.05, 0) is 29.8 Å². The number of nitrogens with two attached hydrogens (primary N) is 1. The van der Waals surface area contributed by atoms with Crippen molar-refractivity contribution in [3.63, 3.8) is 0 Å². The van der Waals surface area contributed by atoms with Gasteiger partial charge >= 0.3 is 12.8 Å². The molecule has 13 heteroatoms. The quantitative estimate of drug-likeness (QED) is 0.478. The first kappa shape index (κ1) is 24.3. The van der Waals surface area contributed by atoms with Crippen molar-refractivity contribution in [2.45, 2.75) is 37.3 Å². The fourth-order valence-electron chi connectivity index (χ4n) is 3.32. The lowest BCUT2D eigenvalue weighted by Crippen LogP contribution is -2.48. The van der Waals surface area contributed by atoms with Crippen LogP contribution in [0.1, 0.15) is 28.0 Å². The van der Waals surface area contributed by atoms with Crippen molar-refractivity contribution < 1.29 is 45.0 Å². The molecule has 2 N–H and O–H groups in total. The zero-order chi connectivity index (χ0) is 24.4. The average Bonchev–Trinajstić information content (AvgIpc) is 2.74. The highest BCUT2D eigenvalue weighted by Gasteiger charge is 2.52. The molecule has 0 spiro atoms. The van der Waals surface area contributed by atoms with Gasteiger partial charge < -0.3 is 15.2 Å². The number of rotatable bonds is 7. The lowest BCUT2D eigenvalue weighted by Gasteiger charge is -2.36. The standard InChI is InChI=1S/C20H16F7N3O3/c21-9-19(7-16(20(25,26)27)33-18(28)30-19)12-5-10(1-3-13(12)22)6-15(31)14-4-2-11(8-29-14)32-17(23)24/h1-5,8,16-17H,6-7,9H2,(H2,28,30)/t16-,19+/m0/s1. The van der Waals surface area contributed by atoms with Crippen molar-refractivity contribution in [1.82, 2.24) is 4.98 Å². The number of ketones is 1. The lowest BCUT2D eigenvalue weighted by atomic mass is 9.83. The number of benzene rings is 1. The Morgan fingerprint density at radius 2 is 2.00 bits per heavy atom. The van der Waals surface area contributed by atoms with Crippen molar-refractivity contribution in [3.8, 4) is 5.75 Å². The fourth-order valence-corrected chi connectivity index (χ4v) is 3.32. The van der Waals surface area contributed by atoms with E-state index in [1.54, 1.807) is 0 Å². The van der Waals surface area contributed by atoms with E-state index in [4.69, 9.17) is 5.73 Å². The molecule has 1 aliphatic rings. The molecule has 0 amide bonds. The Bertz CT molecular complexity index is 1040. The summed E-state index contributed by atoms with van der Waals surface area (Å²) >= 11 is 0. The summed E-state index contributed by atoms with van der Waals surface area (Å²) in [5.74, 6) is -1.94. The fraction of sp³-hybridized carbons (Fsp3) is 0.350. The maximum Gasteiger partial charge on any atom is 0.425 e. The molecule has 1 aliphatic heterocycles. The number of halogens is 7. The van der Waals surface area contributed by atoms with Gasteiger partial charge in [0.2, 0.25) is 0 Å². The van der Waals surface area contributed by atoms with Gasteiger partial charge in [0.15, 0.2) is 11.9 Å². The first-order valence-corrected chi connectivity index (χ1v) is 9.31. The Morgan fingerprint density at radius 1 is 1.27 bits per heavy atom. The number of Topliss-reactive ketones (excluding diaryl/α,β-unsaturated/α-hetero) is 1. The topological polar surface area (TPSA) is 86.8 Å². The molecule has 0 aliphatic carbocycles. The average molecular weight is 479 g/mol. The van der Waals surface area contributed by atoms with Gasteiger partial charge in [0, 0.05) is 18.4 Å². The Morgan fingerprint density at radius 3 is 2.58 bits per heavy atom. The van der Waals surface area contributed by atoms with E-state index in [1.807, 2.05) is 0 Å². The van der Waals surface area contributed by atoms with Gasteiger partial charge in [-0.3, -0.25) is 4.79 Å². The monoisotopic (exact) mass is 479 g/mol. The van der Waals surface area contributed by atoms with Gasteiger partial charge in [-0.1, -0.05) is 6.07 Å². The van der Waals surface area contributed by atoms with Crippen LogP contribution in [0.25, 0.3) is 0 Å². The van der Waals surface area contributed by atoms with E-state index in [-0.39, 0.29) is 17.0 Å². The summed E-state index contributed by atoms with van der Waals surface area (Å²) in [7, 11) is 0. The van der Waals surface area contributed by atoms with E-state index in [9.17, 15) is 35.5 Å². The summed E-state index contributed by atoms with van der Waals surface area (Å²) in [5, 5.41) is 0. The minimum Gasteiger partial charge on any atom is -0.452 e. The molecule has 0 radical (unpaired) electrons. The predicted molar refractivity (Wildman–Crippen MR) is 100 cm³/mol. The maximum atomic E-state index is 14.6. The van der Waals surface area contributed by atoms with Crippen LogP contribution in [0.4, 0.5) is 30.7 Å². The minimum absolute atomic E-state index is 0.128. The van der Waals surface area contributed by atoms with Crippen LogP contribution in [0.5, 0.6) is 5.75 Å². The molecule has 33 heavy (non-hydrogen) atoms. The predicted octanol–water partition coefficient (Wildman–Crippen LogP) is 4.08. The first-order valence-electron chi connectivity index (χ1n) is 9.31. The Hall–Kier alpha value is -3.38. The number of hydrogen-bond acceptors (Lipinski definition) is 6. The van der Waals surface area contributed by atoms with Crippen molar-refractivity contribution in [2.75, 3.05) is 6.67 Å². The second-order valence-electron chi connectivity index (χ2n) is 7.14. The number of hydrogen-bond donors (Lipinski definition) is 1. The number of carbonyl (C=O) groups is 1. The Balaban J connectivity index is 1.88. The van der Waals surface area contributed by atoms with Crippen LogP contribution >= 0.6 is 0 Å². The van der Waals surface area contributed by atoms with E-state index in [2.05, 4.69) is 19.5 Å². The maximum absolute atomic E-state index is 14.6. The van der Waals surface area contributed by atoms with E-state index in [0.717, 1.165) is 30.5 Å². The van der Waals surface area contributed by atoms with Gasteiger partial charge in [0.05, 0.1) is 6.20 Å². The zero-order valence-electron chi connectivity index (χ0n) is 16.6. The van der Waals surface area contributed by atoms with E-state index < -0.39 is 67.1 Å². The molecule has 0 saturated carbocycles. The smallest absolute Gasteiger partial charge is 0.425 e. The van der Waals surface area contributed by atoms with Crippen molar-refractivity contribution in [1.29, 1.82) is 0 Å². The SMILES string of the molecule is NC1=N[C@](CF)(c2cc(CC(=O)c3ccc(OC(F)F)cn3)ccc2F)C[C@@H](C(F)(F)F)O1. The molecular formula is C20H16F7N3O3. The molecule has 0 fully saturated rings.